The van der Waals surface area contributed by atoms with Gasteiger partial charge in [0.25, 0.3) is 0 Å². The summed E-state index contributed by atoms with van der Waals surface area (Å²) in [5.74, 6) is 0.147. The van der Waals surface area contributed by atoms with Gasteiger partial charge in [0.2, 0.25) is 0 Å². The molecule has 0 saturated carbocycles. The largest absolute Gasteiger partial charge is 0.300 e. The molecule has 21 heavy (non-hydrogen) atoms. The van der Waals surface area contributed by atoms with Crippen molar-refractivity contribution >= 4 is 33.3 Å². The van der Waals surface area contributed by atoms with E-state index in [1.54, 1.807) is 6.07 Å². The van der Waals surface area contributed by atoms with Crippen LogP contribution in [0.4, 0.5) is 0 Å². The van der Waals surface area contributed by atoms with E-state index in [0.29, 0.717) is 23.0 Å². The highest BCUT2D eigenvalue weighted by molar-refractivity contribution is 9.10. The van der Waals surface area contributed by atoms with Gasteiger partial charge in [-0.05, 0) is 44.0 Å². The molecule has 0 N–H and O–H groups in total. The number of benzene rings is 1. The Morgan fingerprint density at radius 3 is 2.95 bits per heavy atom. The molecule has 1 unspecified atom stereocenters. The third-order valence-corrected chi connectivity index (χ3v) is 5.03. The zero-order valence-electron chi connectivity index (χ0n) is 12.6. The topological polar surface area (TPSA) is 20.3 Å². The average Bonchev–Trinajstić information content (AvgIpc) is 2.46. The van der Waals surface area contributed by atoms with Gasteiger partial charge >= 0.3 is 0 Å². The van der Waals surface area contributed by atoms with Gasteiger partial charge in [0, 0.05) is 29.0 Å². The lowest BCUT2D eigenvalue weighted by Crippen LogP contribution is -2.40. The normalized spacial score (nSPS) is 19.7. The predicted molar refractivity (Wildman–Crippen MR) is 92.2 cm³/mol. The van der Waals surface area contributed by atoms with Crippen LogP contribution in [0, 0.1) is 0 Å². The van der Waals surface area contributed by atoms with Crippen LogP contribution in [-0.2, 0) is 0 Å². The Hall–Kier alpha value is -0.380. The second kappa shape index (κ2) is 8.30. The molecule has 0 bridgehead atoms. The maximum Gasteiger partial charge on any atom is 0.165 e. The number of carbonyl (C=O) groups is 1. The number of halogens is 2. The first-order chi connectivity index (χ1) is 10.1. The second-order valence-electron chi connectivity index (χ2n) is 5.77. The smallest absolute Gasteiger partial charge is 0.165 e. The summed E-state index contributed by atoms with van der Waals surface area (Å²) in [5, 5.41) is 0.540. The molecule has 0 aromatic heterocycles. The van der Waals surface area contributed by atoms with Crippen LogP contribution in [-0.4, -0.2) is 29.8 Å². The molecule has 1 saturated heterocycles. The standard InChI is InChI=1S/C17H23BrClNO/c1-2-5-14-6-3-4-10-20(14)11-9-17(21)15-8-7-13(18)12-16(15)19/h7-8,12,14H,2-6,9-11H2,1H3. The average molecular weight is 373 g/mol. The van der Waals surface area contributed by atoms with Crippen molar-refractivity contribution in [3.05, 3.63) is 33.3 Å². The van der Waals surface area contributed by atoms with E-state index in [4.69, 9.17) is 11.6 Å². The lowest BCUT2D eigenvalue weighted by atomic mass is 9.97. The van der Waals surface area contributed by atoms with E-state index in [1.807, 2.05) is 12.1 Å². The van der Waals surface area contributed by atoms with Crippen LogP contribution >= 0.6 is 27.5 Å². The van der Waals surface area contributed by atoms with Crippen LogP contribution in [0.2, 0.25) is 5.02 Å². The van der Waals surface area contributed by atoms with Crippen LogP contribution < -0.4 is 0 Å². The third-order valence-electron chi connectivity index (χ3n) is 4.23. The Balaban J connectivity index is 1.93. The van der Waals surface area contributed by atoms with Crippen molar-refractivity contribution in [1.29, 1.82) is 0 Å². The maximum atomic E-state index is 12.4. The van der Waals surface area contributed by atoms with Crippen molar-refractivity contribution < 1.29 is 4.79 Å². The van der Waals surface area contributed by atoms with Crippen molar-refractivity contribution in [3.8, 4) is 0 Å². The lowest BCUT2D eigenvalue weighted by Gasteiger charge is -2.35. The van der Waals surface area contributed by atoms with Gasteiger partial charge in [-0.1, -0.05) is 47.3 Å². The van der Waals surface area contributed by atoms with Crippen molar-refractivity contribution in [2.45, 2.75) is 51.5 Å². The zero-order valence-corrected chi connectivity index (χ0v) is 14.9. The Kier molecular flexibility index (Phi) is 6.72. The first-order valence-electron chi connectivity index (χ1n) is 7.84. The number of piperidine rings is 1. The maximum absolute atomic E-state index is 12.4. The molecule has 2 rings (SSSR count). The van der Waals surface area contributed by atoms with Gasteiger partial charge in [0.1, 0.15) is 0 Å². The second-order valence-corrected chi connectivity index (χ2v) is 7.09. The molecule has 1 aromatic rings. The van der Waals surface area contributed by atoms with E-state index >= 15 is 0 Å². The molecule has 0 aliphatic carbocycles. The lowest BCUT2D eigenvalue weighted by molar-refractivity contribution is 0.0919. The van der Waals surface area contributed by atoms with E-state index in [1.165, 1.54) is 32.1 Å². The van der Waals surface area contributed by atoms with Gasteiger partial charge < -0.3 is 0 Å². The van der Waals surface area contributed by atoms with Crippen molar-refractivity contribution in [2.24, 2.45) is 0 Å². The number of Topliss-reactive ketones (excluding diaryl/α,β-unsaturated/α-hetero) is 1. The summed E-state index contributed by atoms with van der Waals surface area (Å²) in [6.07, 6.45) is 6.88. The predicted octanol–water partition coefficient (Wildman–Crippen LogP) is 5.33. The van der Waals surface area contributed by atoms with Crippen LogP contribution in [0.5, 0.6) is 0 Å². The van der Waals surface area contributed by atoms with Gasteiger partial charge in [-0.15, -0.1) is 0 Å². The molecule has 116 valence electrons. The third kappa shape index (κ3) is 4.80. The molecule has 4 heteroatoms. The molecule has 0 amide bonds. The summed E-state index contributed by atoms with van der Waals surface area (Å²) in [7, 11) is 0. The fourth-order valence-electron chi connectivity index (χ4n) is 3.11. The van der Waals surface area contributed by atoms with E-state index in [9.17, 15) is 4.79 Å². The van der Waals surface area contributed by atoms with E-state index in [2.05, 4.69) is 27.8 Å². The fraction of sp³-hybridized carbons (Fsp3) is 0.588. The van der Waals surface area contributed by atoms with Crippen LogP contribution in [0.1, 0.15) is 55.8 Å². The Morgan fingerprint density at radius 1 is 1.43 bits per heavy atom. The molecule has 1 atom stereocenters. The molecule has 0 spiro atoms. The van der Waals surface area contributed by atoms with Crippen LogP contribution in [0.3, 0.4) is 0 Å². The highest BCUT2D eigenvalue weighted by Crippen LogP contribution is 2.24. The van der Waals surface area contributed by atoms with Crippen molar-refractivity contribution in [2.75, 3.05) is 13.1 Å². The number of rotatable bonds is 6. The molecular formula is C17H23BrClNO. The SMILES string of the molecule is CCCC1CCCCN1CCC(=O)c1ccc(Br)cc1Cl. The Labute approximate surface area is 141 Å². The molecule has 1 aliphatic heterocycles. The number of ketones is 1. The molecule has 1 heterocycles. The number of nitrogens with zero attached hydrogens (tertiary/aromatic N) is 1. The van der Waals surface area contributed by atoms with E-state index < -0.39 is 0 Å². The monoisotopic (exact) mass is 371 g/mol. The van der Waals surface area contributed by atoms with E-state index in [0.717, 1.165) is 17.6 Å². The summed E-state index contributed by atoms with van der Waals surface area (Å²) in [5.41, 5.74) is 0.643. The van der Waals surface area contributed by atoms with Gasteiger partial charge in [0.05, 0.1) is 5.02 Å². The fourth-order valence-corrected chi connectivity index (χ4v) is 3.89. The molecule has 1 aliphatic rings. The van der Waals surface area contributed by atoms with Crippen LogP contribution in [0.15, 0.2) is 22.7 Å². The highest BCUT2D eigenvalue weighted by Gasteiger charge is 2.22. The summed E-state index contributed by atoms with van der Waals surface area (Å²) < 4.78 is 0.906. The minimum Gasteiger partial charge on any atom is -0.300 e. The minimum absolute atomic E-state index is 0.147. The van der Waals surface area contributed by atoms with Crippen LogP contribution in [0.25, 0.3) is 0 Å². The summed E-state index contributed by atoms with van der Waals surface area (Å²) in [6.45, 7) is 4.22. The first kappa shape index (κ1) is 17.0. The first-order valence-corrected chi connectivity index (χ1v) is 9.01. The molecule has 1 aromatic carbocycles. The zero-order chi connectivity index (χ0) is 15.2. The molecular weight excluding hydrogens is 350 g/mol. The summed E-state index contributed by atoms with van der Waals surface area (Å²) in [6, 6.07) is 6.14. The van der Waals surface area contributed by atoms with Crippen molar-refractivity contribution in [3.63, 3.8) is 0 Å². The molecule has 2 nitrogen and oxygen atoms in total. The van der Waals surface area contributed by atoms with Gasteiger partial charge in [-0.2, -0.15) is 0 Å². The summed E-state index contributed by atoms with van der Waals surface area (Å²) >= 11 is 9.53. The number of hydrogen-bond donors (Lipinski definition) is 0. The molecule has 1 fully saturated rings. The number of carbonyl (C=O) groups excluding carboxylic acids is 1. The number of likely N-dealkylation sites (tertiary alicyclic amines) is 1. The van der Waals surface area contributed by atoms with Gasteiger partial charge in [0.15, 0.2) is 5.78 Å². The molecule has 0 radical (unpaired) electrons. The van der Waals surface area contributed by atoms with E-state index in [-0.39, 0.29) is 5.78 Å². The Morgan fingerprint density at radius 2 is 2.24 bits per heavy atom. The quantitative estimate of drug-likeness (QED) is 0.629. The summed E-state index contributed by atoms with van der Waals surface area (Å²) in [4.78, 5) is 14.9. The highest BCUT2D eigenvalue weighted by atomic mass is 79.9. The Bertz CT molecular complexity index is 490. The van der Waals surface area contributed by atoms with Gasteiger partial charge in [-0.25, -0.2) is 0 Å². The van der Waals surface area contributed by atoms with Gasteiger partial charge in [-0.3, -0.25) is 9.69 Å². The number of hydrogen-bond acceptors (Lipinski definition) is 2. The van der Waals surface area contributed by atoms with Crippen molar-refractivity contribution in [1.82, 2.24) is 4.90 Å². The minimum atomic E-state index is 0.147.